The summed E-state index contributed by atoms with van der Waals surface area (Å²) < 4.78 is 1.78. The van der Waals surface area contributed by atoms with Crippen LogP contribution in [0.2, 0.25) is 0 Å². The third-order valence-electron chi connectivity index (χ3n) is 3.15. The van der Waals surface area contributed by atoms with Gasteiger partial charge >= 0.3 is 0 Å². The van der Waals surface area contributed by atoms with Gasteiger partial charge in [-0.25, -0.2) is 0 Å². The molecule has 5 nitrogen and oxygen atoms in total. The molecule has 0 spiro atoms. The first-order valence-electron chi connectivity index (χ1n) is 6.44. The van der Waals surface area contributed by atoms with E-state index in [4.69, 9.17) is 5.11 Å². The zero-order chi connectivity index (χ0) is 11.9. The number of nitrogens with zero attached hydrogens (tertiary/aromatic N) is 3. The van der Waals surface area contributed by atoms with Gasteiger partial charge in [-0.1, -0.05) is 0 Å². The molecule has 1 aromatic heterocycles. The molecule has 0 atom stereocenters. The molecule has 0 aliphatic carbocycles. The van der Waals surface area contributed by atoms with Gasteiger partial charge in [-0.15, -0.1) is 0 Å². The van der Waals surface area contributed by atoms with Crippen LogP contribution >= 0.6 is 0 Å². The van der Waals surface area contributed by atoms with Crippen molar-refractivity contribution in [2.24, 2.45) is 0 Å². The predicted octanol–water partition coefficient (Wildman–Crippen LogP) is 0.0608. The molecule has 1 aromatic rings. The van der Waals surface area contributed by atoms with Crippen LogP contribution in [-0.4, -0.2) is 52.6 Å². The molecule has 0 amide bonds. The highest BCUT2D eigenvalue weighted by Gasteiger charge is 2.09. The van der Waals surface area contributed by atoms with E-state index in [-0.39, 0.29) is 6.61 Å². The average molecular weight is 238 g/mol. The van der Waals surface area contributed by atoms with Gasteiger partial charge in [0.15, 0.2) is 0 Å². The summed E-state index contributed by atoms with van der Waals surface area (Å²) in [6.45, 7) is 6.28. The van der Waals surface area contributed by atoms with E-state index in [0.29, 0.717) is 6.54 Å². The number of nitrogens with one attached hydrogen (secondary N) is 1. The van der Waals surface area contributed by atoms with Crippen molar-refractivity contribution < 1.29 is 5.11 Å². The number of rotatable bonds is 7. The Morgan fingerprint density at radius 1 is 1.29 bits per heavy atom. The zero-order valence-corrected chi connectivity index (χ0v) is 10.3. The highest BCUT2D eigenvalue weighted by atomic mass is 16.3. The molecule has 0 bridgehead atoms. The van der Waals surface area contributed by atoms with Gasteiger partial charge in [0.1, 0.15) is 0 Å². The first-order valence-corrected chi connectivity index (χ1v) is 6.44. The first-order chi connectivity index (χ1) is 8.38. The van der Waals surface area contributed by atoms with Crippen molar-refractivity contribution in [3.8, 4) is 0 Å². The van der Waals surface area contributed by atoms with Gasteiger partial charge in [0.05, 0.1) is 19.3 Å². The predicted molar refractivity (Wildman–Crippen MR) is 66.7 cm³/mol. The molecule has 1 fully saturated rings. The number of likely N-dealkylation sites (tertiary alicyclic amines) is 1. The summed E-state index contributed by atoms with van der Waals surface area (Å²) in [6.07, 6.45) is 6.56. The maximum absolute atomic E-state index is 8.78. The lowest BCUT2D eigenvalue weighted by atomic mass is 10.3. The Kier molecular flexibility index (Phi) is 4.97. The smallest absolute Gasteiger partial charge is 0.0640 e. The number of hydrogen-bond donors (Lipinski definition) is 2. The van der Waals surface area contributed by atoms with E-state index in [1.165, 1.54) is 31.5 Å². The molecule has 2 heterocycles. The van der Waals surface area contributed by atoms with Crippen LogP contribution in [0.5, 0.6) is 0 Å². The highest BCUT2D eigenvalue weighted by Crippen LogP contribution is 2.05. The molecule has 0 radical (unpaired) electrons. The van der Waals surface area contributed by atoms with E-state index in [1.807, 2.05) is 12.4 Å². The number of aliphatic hydroxyl groups is 1. The van der Waals surface area contributed by atoms with Crippen LogP contribution in [-0.2, 0) is 13.1 Å². The standard InChI is InChI=1S/C12H22N4O/c17-8-7-16-11-12(10-14-16)9-13-3-6-15-4-1-2-5-15/h10-11,13,17H,1-9H2. The van der Waals surface area contributed by atoms with Crippen LogP contribution in [0.15, 0.2) is 12.4 Å². The molecular weight excluding hydrogens is 216 g/mol. The second-order valence-electron chi connectivity index (χ2n) is 4.56. The summed E-state index contributed by atoms with van der Waals surface area (Å²) in [5.74, 6) is 0. The van der Waals surface area contributed by atoms with Crippen molar-refractivity contribution >= 4 is 0 Å². The van der Waals surface area contributed by atoms with Crippen LogP contribution in [0.4, 0.5) is 0 Å². The van der Waals surface area contributed by atoms with Crippen molar-refractivity contribution in [1.29, 1.82) is 0 Å². The molecule has 1 saturated heterocycles. The maximum atomic E-state index is 8.78. The molecule has 2 rings (SSSR count). The topological polar surface area (TPSA) is 53.3 Å². The molecular formula is C12H22N4O. The lowest BCUT2D eigenvalue weighted by Crippen LogP contribution is -2.29. The van der Waals surface area contributed by atoms with Crippen LogP contribution in [0, 0.1) is 0 Å². The summed E-state index contributed by atoms with van der Waals surface area (Å²) >= 11 is 0. The minimum Gasteiger partial charge on any atom is -0.394 e. The molecule has 0 unspecified atom stereocenters. The SMILES string of the molecule is OCCn1cc(CNCCN2CCCC2)cn1. The summed E-state index contributed by atoms with van der Waals surface area (Å²) in [5.41, 5.74) is 1.18. The van der Waals surface area contributed by atoms with Crippen molar-refractivity contribution in [1.82, 2.24) is 20.0 Å². The van der Waals surface area contributed by atoms with E-state index in [0.717, 1.165) is 19.6 Å². The van der Waals surface area contributed by atoms with Gasteiger partial charge in [0, 0.05) is 31.4 Å². The zero-order valence-electron chi connectivity index (χ0n) is 10.3. The Balaban J connectivity index is 1.60. The van der Waals surface area contributed by atoms with Crippen LogP contribution in [0.25, 0.3) is 0 Å². The fourth-order valence-corrected chi connectivity index (χ4v) is 2.20. The maximum Gasteiger partial charge on any atom is 0.0640 e. The summed E-state index contributed by atoms with van der Waals surface area (Å²) in [7, 11) is 0. The highest BCUT2D eigenvalue weighted by molar-refractivity contribution is 5.03. The Morgan fingerprint density at radius 2 is 2.12 bits per heavy atom. The molecule has 17 heavy (non-hydrogen) atoms. The second kappa shape index (κ2) is 6.74. The first kappa shape index (κ1) is 12.5. The van der Waals surface area contributed by atoms with Crippen molar-refractivity contribution in [3.63, 3.8) is 0 Å². The Bertz CT molecular complexity index is 320. The van der Waals surface area contributed by atoms with Crippen LogP contribution in [0.1, 0.15) is 18.4 Å². The van der Waals surface area contributed by atoms with Gasteiger partial charge in [0.2, 0.25) is 0 Å². The average Bonchev–Trinajstić information content (AvgIpc) is 2.96. The minimum absolute atomic E-state index is 0.142. The van der Waals surface area contributed by atoms with Crippen LogP contribution < -0.4 is 5.32 Å². The van der Waals surface area contributed by atoms with E-state index in [9.17, 15) is 0 Å². The minimum atomic E-state index is 0.142. The third-order valence-corrected chi connectivity index (χ3v) is 3.15. The normalized spacial score (nSPS) is 16.8. The van der Waals surface area contributed by atoms with Gasteiger partial charge in [-0.3, -0.25) is 4.68 Å². The van der Waals surface area contributed by atoms with Gasteiger partial charge < -0.3 is 15.3 Å². The van der Waals surface area contributed by atoms with Crippen molar-refractivity contribution in [3.05, 3.63) is 18.0 Å². The lowest BCUT2D eigenvalue weighted by Gasteiger charge is -2.14. The van der Waals surface area contributed by atoms with Crippen LogP contribution in [0.3, 0.4) is 0 Å². The number of hydrogen-bond acceptors (Lipinski definition) is 4. The quantitative estimate of drug-likeness (QED) is 0.660. The van der Waals surface area contributed by atoms with Gasteiger partial charge in [-0.05, 0) is 25.9 Å². The molecule has 1 aliphatic heterocycles. The monoisotopic (exact) mass is 238 g/mol. The summed E-state index contributed by atoms with van der Waals surface area (Å²) in [6, 6.07) is 0. The van der Waals surface area contributed by atoms with E-state index in [1.54, 1.807) is 4.68 Å². The molecule has 5 heteroatoms. The van der Waals surface area contributed by atoms with Gasteiger partial charge in [0.25, 0.3) is 0 Å². The lowest BCUT2D eigenvalue weighted by molar-refractivity contribution is 0.269. The Hall–Kier alpha value is -0.910. The summed E-state index contributed by atoms with van der Waals surface area (Å²) in [4.78, 5) is 2.50. The third kappa shape index (κ3) is 4.11. The van der Waals surface area contributed by atoms with Crippen molar-refractivity contribution in [2.75, 3.05) is 32.8 Å². The molecule has 96 valence electrons. The largest absolute Gasteiger partial charge is 0.394 e. The fraction of sp³-hybridized carbons (Fsp3) is 0.750. The number of aromatic nitrogens is 2. The van der Waals surface area contributed by atoms with E-state index in [2.05, 4.69) is 15.3 Å². The summed E-state index contributed by atoms with van der Waals surface area (Å²) in [5, 5.41) is 16.4. The molecule has 0 saturated carbocycles. The van der Waals surface area contributed by atoms with Gasteiger partial charge in [-0.2, -0.15) is 5.10 Å². The molecule has 1 aliphatic rings. The molecule has 0 aromatic carbocycles. The second-order valence-corrected chi connectivity index (χ2v) is 4.56. The number of aliphatic hydroxyl groups excluding tert-OH is 1. The Labute approximate surface area is 102 Å². The van der Waals surface area contributed by atoms with Crippen molar-refractivity contribution in [2.45, 2.75) is 25.9 Å². The fourth-order valence-electron chi connectivity index (χ4n) is 2.20. The van der Waals surface area contributed by atoms with E-state index < -0.39 is 0 Å². The van der Waals surface area contributed by atoms with E-state index >= 15 is 0 Å². The molecule has 2 N–H and O–H groups in total. The Morgan fingerprint density at radius 3 is 2.88 bits per heavy atom.